The van der Waals surface area contributed by atoms with Crippen molar-refractivity contribution in [3.8, 4) is 0 Å². The molecule has 0 bridgehead atoms. The monoisotopic (exact) mass is 411 g/mol. The molecule has 0 radical (unpaired) electrons. The van der Waals surface area contributed by atoms with E-state index >= 15 is 0 Å². The Morgan fingerprint density at radius 2 is 1.87 bits per heavy atom. The van der Waals surface area contributed by atoms with Gasteiger partial charge in [-0.2, -0.15) is 0 Å². The Bertz CT molecular complexity index is 920. The number of amides is 3. The topological polar surface area (TPSA) is 96.3 Å². The molecule has 1 aromatic heterocycles. The van der Waals surface area contributed by atoms with Gasteiger partial charge in [-0.1, -0.05) is 57.5 Å². The Morgan fingerprint density at radius 1 is 1.13 bits per heavy atom. The van der Waals surface area contributed by atoms with E-state index in [0.29, 0.717) is 24.6 Å². The molecule has 0 spiro atoms. The average molecular weight is 412 g/mol. The van der Waals surface area contributed by atoms with Crippen molar-refractivity contribution in [3.05, 3.63) is 47.2 Å². The molecule has 1 aromatic carbocycles. The summed E-state index contributed by atoms with van der Waals surface area (Å²) in [5.74, 6) is -0.280. The zero-order valence-corrected chi connectivity index (χ0v) is 17.8. The summed E-state index contributed by atoms with van der Waals surface area (Å²) in [7, 11) is 0. The van der Waals surface area contributed by atoms with Gasteiger partial charge in [-0.25, -0.2) is 9.48 Å². The van der Waals surface area contributed by atoms with Crippen LogP contribution in [0.5, 0.6) is 0 Å². The van der Waals surface area contributed by atoms with Crippen LogP contribution in [0.15, 0.2) is 30.3 Å². The first-order valence-corrected chi connectivity index (χ1v) is 10.4. The van der Waals surface area contributed by atoms with E-state index < -0.39 is 0 Å². The molecule has 0 saturated carbocycles. The standard InChI is InChI=1S/C22H29N5O3/c1-4-5-11-23-22(30)26-13-17-18(14-26)27(21(29)15(2)3)25-20(17)24-19(28)12-16-9-7-6-8-10-16/h6-10,15H,4-5,11-14H2,1-3H3,(H,23,30)(H,24,25,28). The van der Waals surface area contributed by atoms with Crippen molar-refractivity contribution in [2.75, 3.05) is 11.9 Å². The van der Waals surface area contributed by atoms with Gasteiger partial charge in [0.15, 0.2) is 5.82 Å². The van der Waals surface area contributed by atoms with Crippen LogP contribution in [0.2, 0.25) is 0 Å². The smallest absolute Gasteiger partial charge is 0.318 e. The molecule has 0 aliphatic carbocycles. The van der Waals surface area contributed by atoms with Crippen molar-refractivity contribution in [2.45, 2.75) is 53.1 Å². The number of unbranched alkanes of at least 4 members (excludes halogenated alkanes) is 1. The van der Waals surface area contributed by atoms with E-state index in [1.165, 1.54) is 4.68 Å². The Morgan fingerprint density at radius 3 is 2.53 bits per heavy atom. The number of rotatable bonds is 7. The Hall–Kier alpha value is -3.16. The lowest BCUT2D eigenvalue weighted by atomic mass is 10.1. The Labute approximate surface area is 176 Å². The van der Waals surface area contributed by atoms with Gasteiger partial charge in [0.25, 0.3) is 0 Å². The first kappa shape index (κ1) is 21.5. The molecule has 1 aliphatic heterocycles. The number of nitrogens with one attached hydrogen (secondary N) is 2. The molecule has 3 amide bonds. The van der Waals surface area contributed by atoms with Gasteiger partial charge in [0, 0.05) is 18.0 Å². The molecule has 30 heavy (non-hydrogen) atoms. The van der Waals surface area contributed by atoms with E-state index in [-0.39, 0.29) is 36.7 Å². The van der Waals surface area contributed by atoms with E-state index in [1.807, 2.05) is 30.3 Å². The summed E-state index contributed by atoms with van der Waals surface area (Å²) < 4.78 is 1.34. The van der Waals surface area contributed by atoms with Crippen LogP contribution in [0.3, 0.4) is 0 Å². The van der Waals surface area contributed by atoms with Gasteiger partial charge in [0.1, 0.15) is 0 Å². The fourth-order valence-corrected chi connectivity index (χ4v) is 3.35. The normalized spacial score (nSPS) is 12.7. The van der Waals surface area contributed by atoms with Crippen molar-refractivity contribution in [2.24, 2.45) is 5.92 Å². The molecule has 2 N–H and O–H groups in total. The lowest BCUT2D eigenvalue weighted by Gasteiger charge is -2.17. The molecule has 1 aliphatic rings. The summed E-state index contributed by atoms with van der Waals surface area (Å²) in [6.07, 6.45) is 2.12. The molecular formula is C22H29N5O3. The van der Waals surface area contributed by atoms with Crippen molar-refractivity contribution in [1.82, 2.24) is 20.0 Å². The third-order valence-corrected chi connectivity index (χ3v) is 5.04. The minimum absolute atomic E-state index is 0.164. The molecule has 8 nitrogen and oxygen atoms in total. The van der Waals surface area contributed by atoms with E-state index in [9.17, 15) is 14.4 Å². The second kappa shape index (κ2) is 9.56. The van der Waals surface area contributed by atoms with Crippen LogP contribution < -0.4 is 10.6 Å². The van der Waals surface area contributed by atoms with E-state index in [4.69, 9.17) is 0 Å². The SMILES string of the molecule is CCCCNC(=O)N1Cc2c(NC(=O)Cc3ccccc3)nn(C(=O)C(C)C)c2C1. The highest BCUT2D eigenvalue weighted by atomic mass is 16.2. The summed E-state index contributed by atoms with van der Waals surface area (Å²) in [4.78, 5) is 39.3. The maximum atomic E-state index is 12.7. The predicted molar refractivity (Wildman–Crippen MR) is 114 cm³/mol. The van der Waals surface area contributed by atoms with E-state index in [1.54, 1.807) is 18.7 Å². The molecule has 8 heteroatoms. The van der Waals surface area contributed by atoms with E-state index in [0.717, 1.165) is 24.0 Å². The summed E-state index contributed by atoms with van der Waals surface area (Å²) in [6, 6.07) is 9.25. The second-order valence-corrected chi connectivity index (χ2v) is 7.83. The fraction of sp³-hybridized carbons (Fsp3) is 0.455. The predicted octanol–water partition coefficient (Wildman–Crippen LogP) is 3.19. The van der Waals surface area contributed by atoms with Crippen LogP contribution in [0.25, 0.3) is 0 Å². The minimum Gasteiger partial charge on any atom is -0.338 e. The highest BCUT2D eigenvalue weighted by Crippen LogP contribution is 2.30. The number of carbonyl (C=O) groups excluding carboxylic acids is 3. The van der Waals surface area contributed by atoms with Gasteiger partial charge >= 0.3 is 6.03 Å². The van der Waals surface area contributed by atoms with Crippen molar-refractivity contribution in [3.63, 3.8) is 0 Å². The maximum Gasteiger partial charge on any atom is 0.318 e. The fourth-order valence-electron chi connectivity index (χ4n) is 3.35. The third kappa shape index (κ3) is 4.87. The molecule has 2 aromatic rings. The summed E-state index contributed by atoms with van der Waals surface area (Å²) in [5, 5.41) is 10.1. The number of aromatic nitrogens is 2. The number of hydrogen-bond donors (Lipinski definition) is 2. The lowest BCUT2D eigenvalue weighted by molar-refractivity contribution is -0.115. The van der Waals surface area contributed by atoms with Crippen molar-refractivity contribution < 1.29 is 14.4 Å². The van der Waals surface area contributed by atoms with Crippen LogP contribution in [-0.4, -0.2) is 39.1 Å². The van der Waals surface area contributed by atoms with Crippen LogP contribution in [0.4, 0.5) is 10.6 Å². The van der Waals surface area contributed by atoms with Crippen LogP contribution in [-0.2, 0) is 24.3 Å². The highest BCUT2D eigenvalue weighted by Gasteiger charge is 2.33. The zero-order valence-electron chi connectivity index (χ0n) is 17.8. The van der Waals surface area contributed by atoms with Gasteiger partial charge in [0.05, 0.1) is 25.2 Å². The van der Waals surface area contributed by atoms with Gasteiger partial charge in [-0.05, 0) is 12.0 Å². The molecule has 0 unspecified atom stereocenters. The summed E-state index contributed by atoms with van der Waals surface area (Å²) in [6.45, 7) is 6.86. The van der Waals surface area contributed by atoms with Crippen LogP contribution >= 0.6 is 0 Å². The summed E-state index contributed by atoms with van der Waals surface area (Å²) >= 11 is 0. The number of anilines is 1. The highest BCUT2D eigenvalue weighted by molar-refractivity contribution is 5.93. The minimum atomic E-state index is -0.255. The third-order valence-electron chi connectivity index (χ3n) is 5.04. The number of nitrogens with zero attached hydrogens (tertiary/aromatic N) is 3. The zero-order chi connectivity index (χ0) is 21.7. The first-order valence-electron chi connectivity index (χ1n) is 10.4. The maximum absolute atomic E-state index is 12.7. The molecule has 0 fully saturated rings. The van der Waals surface area contributed by atoms with Crippen molar-refractivity contribution >= 4 is 23.7 Å². The molecular weight excluding hydrogens is 382 g/mol. The lowest BCUT2D eigenvalue weighted by Crippen LogP contribution is -2.37. The molecule has 2 heterocycles. The number of hydrogen-bond acceptors (Lipinski definition) is 4. The quantitative estimate of drug-likeness (QED) is 0.684. The average Bonchev–Trinajstić information content (AvgIpc) is 3.29. The number of carbonyl (C=O) groups is 3. The Balaban J connectivity index is 1.78. The van der Waals surface area contributed by atoms with Crippen LogP contribution in [0, 0.1) is 5.92 Å². The van der Waals surface area contributed by atoms with E-state index in [2.05, 4.69) is 22.7 Å². The van der Waals surface area contributed by atoms with Crippen molar-refractivity contribution in [1.29, 1.82) is 0 Å². The molecule has 3 rings (SSSR count). The molecule has 0 atom stereocenters. The molecule has 0 saturated heterocycles. The second-order valence-electron chi connectivity index (χ2n) is 7.83. The van der Waals surface area contributed by atoms with Gasteiger partial charge in [-0.3, -0.25) is 9.59 Å². The molecule has 160 valence electrons. The number of benzene rings is 1. The number of fused-ring (bicyclic) bond motifs is 1. The number of urea groups is 1. The first-order chi connectivity index (χ1) is 14.4. The van der Waals surface area contributed by atoms with Gasteiger partial charge < -0.3 is 15.5 Å². The van der Waals surface area contributed by atoms with Gasteiger partial charge in [-0.15, -0.1) is 5.10 Å². The largest absolute Gasteiger partial charge is 0.338 e. The van der Waals surface area contributed by atoms with Crippen LogP contribution in [0.1, 0.15) is 55.2 Å². The van der Waals surface area contributed by atoms with Gasteiger partial charge in [0.2, 0.25) is 11.8 Å². The summed E-state index contributed by atoms with van der Waals surface area (Å²) in [5.41, 5.74) is 2.27. The Kier molecular flexibility index (Phi) is 6.87.